The van der Waals surface area contributed by atoms with Gasteiger partial charge in [0.05, 0.1) is 16.4 Å². The molecule has 2 rings (SSSR count). The topological polar surface area (TPSA) is 43.8 Å². The summed E-state index contributed by atoms with van der Waals surface area (Å²) in [6, 6.07) is 4.30. The van der Waals surface area contributed by atoms with Crippen molar-refractivity contribution >= 4 is 11.6 Å². The monoisotopic (exact) mass is 305 g/mol. The van der Waals surface area contributed by atoms with E-state index in [1.807, 2.05) is 11.7 Å². The van der Waals surface area contributed by atoms with Crippen LogP contribution in [0.1, 0.15) is 46.6 Å². The Morgan fingerprint density at radius 1 is 1.24 bits per heavy atom. The van der Waals surface area contributed by atoms with Crippen molar-refractivity contribution in [2.45, 2.75) is 46.6 Å². The number of hydrogen-bond donors (Lipinski definition) is 1. The van der Waals surface area contributed by atoms with Gasteiger partial charge in [0, 0.05) is 19.5 Å². The predicted octanol–water partition coefficient (Wildman–Crippen LogP) is 3.80. The van der Waals surface area contributed by atoms with Gasteiger partial charge in [-0.2, -0.15) is 5.10 Å². The van der Waals surface area contributed by atoms with E-state index in [9.17, 15) is 0 Å². The van der Waals surface area contributed by atoms with Crippen LogP contribution in [-0.2, 0) is 19.9 Å². The summed E-state index contributed by atoms with van der Waals surface area (Å²) in [5.74, 6) is 0. The van der Waals surface area contributed by atoms with Crippen molar-refractivity contribution in [3.8, 4) is 0 Å². The minimum Gasteiger partial charge on any atom is -0.324 e. The van der Waals surface area contributed by atoms with E-state index in [0.29, 0.717) is 6.42 Å². The van der Waals surface area contributed by atoms with Crippen LogP contribution in [-0.4, -0.2) is 9.78 Å². The van der Waals surface area contributed by atoms with Crippen LogP contribution >= 0.6 is 11.6 Å². The summed E-state index contributed by atoms with van der Waals surface area (Å²) in [6.07, 6.45) is 1.54. The fourth-order valence-corrected chi connectivity index (χ4v) is 3.50. The van der Waals surface area contributed by atoms with Crippen LogP contribution in [0, 0.1) is 20.8 Å². The average molecular weight is 306 g/mol. The average Bonchev–Trinajstić information content (AvgIpc) is 2.65. The van der Waals surface area contributed by atoms with E-state index >= 15 is 0 Å². The van der Waals surface area contributed by atoms with E-state index in [-0.39, 0.29) is 6.04 Å². The smallest absolute Gasteiger partial charge is 0.0850 e. The van der Waals surface area contributed by atoms with Crippen molar-refractivity contribution in [2.75, 3.05) is 0 Å². The van der Waals surface area contributed by atoms with Crippen LogP contribution < -0.4 is 5.73 Å². The van der Waals surface area contributed by atoms with E-state index < -0.39 is 0 Å². The van der Waals surface area contributed by atoms with Gasteiger partial charge in [0.15, 0.2) is 0 Å². The fourth-order valence-electron chi connectivity index (χ4n) is 3.13. The highest BCUT2D eigenvalue weighted by Gasteiger charge is 2.19. The van der Waals surface area contributed by atoms with Gasteiger partial charge in [-0.25, -0.2) is 0 Å². The summed E-state index contributed by atoms with van der Waals surface area (Å²) < 4.78 is 1.86. The van der Waals surface area contributed by atoms with Crippen molar-refractivity contribution in [2.24, 2.45) is 12.8 Å². The molecular weight excluding hydrogens is 282 g/mol. The highest BCUT2D eigenvalue weighted by atomic mass is 35.5. The Hall–Kier alpha value is -1.32. The zero-order valence-electron chi connectivity index (χ0n) is 13.5. The molecule has 0 aliphatic rings. The van der Waals surface area contributed by atoms with Crippen molar-refractivity contribution in [3.05, 3.63) is 50.8 Å². The third-order valence-corrected chi connectivity index (χ3v) is 4.46. The molecule has 0 aliphatic carbocycles. The highest BCUT2D eigenvalue weighted by Crippen LogP contribution is 2.28. The zero-order valence-corrected chi connectivity index (χ0v) is 14.3. The van der Waals surface area contributed by atoms with Gasteiger partial charge >= 0.3 is 0 Å². The second kappa shape index (κ2) is 6.20. The van der Waals surface area contributed by atoms with Crippen LogP contribution in [0.2, 0.25) is 5.02 Å². The minimum atomic E-state index is -0.0665. The van der Waals surface area contributed by atoms with Gasteiger partial charge in [0.2, 0.25) is 0 Å². The van der Waals surface area contributed by atoms with E-state index in [1.165, 1.54) is 22.3 Å². The number of nitrogens with zero attached hydrogens (tertiary/aromatic N) is 2. The molecule has 1 heterocycles. The number of aryl methyl sites for hydroxylation is 5. The van der Waals surface area contributed by atoms with Gasteiger partial charge in [-0.3, -0.25) is 4.68 Å². The van der Waals surface area contributed by atoms with Crippen LogP contribution in [0.5, 0.6) is 0 Å². The van der Waals surface area contributed by atoms with E-state index in [2.05, 4.69) is 44.9 Å². The summed E-state index contributed by atoms with van der Waals surface area (Å²) in [5, 5.41) is 5.23. The predicted molar refractivity (Wildman–Crippen MR) is 88.9 cm³/mol. The lowest BCUT2D eigenvalue weighted by Crippen LogP contribution is -2.18. The Labute approximate surface area is 132 Å². The van der Waals surface area contributed by atoms with Gasteiger partial charge < -0.3 is 5.73 Å². The quantitative estimate of drug-likeness (QED) is 0.933. The van der Waals surface area contributed by atoms with E-state index in [1.54, 1.807) is 0 Å². The third kappa shape index (κ3) is 3.14. The van der Waals surface area contributed by atoms with Gasteiger partial charge in [-0.15, -0.1) is 0 Å². The lowest BCUT2D eigenvalue weighted by Gasteiger charge is -2.19. The maximum Gasteiger partial charge on any atom is 0.0850 e. The largest absolute Gasteiger partial charge is 0.324 e. The van der Waals surface area contributed by atoms with Crippen LogP contribution in [0.15, 0.2) is 12.1 Å². The van der Waals surface area contributed by atoms with Crippen LogP contribution in [0.3, 0.4) is 0 Å². The Morgan fingerprint density at radius 3 is 2.29 bits per heavy atom. The first kappa shape index (κ1) is 16.1. The second-order valence-electron chi connectivity index (χ2n) is 5.81. The summed E-state index contributed by atoms with van der Waals surface area (Å²) in [4.78, 5) is 0. The maximum absolute atomic E-state index is 6.47. The molecular formula is C17H24ClN3. The summed E-state index contributed by atoms with van der Waals surface area (Å²) in [5.41, 5.74) is 13.4. The molecule has 3 nitrogen and oxygen atoms in total. The molecule has 0 saturated carbocycles. The highest BCUT2D eigenvalue weighted by molar-refractivity contribution is 6.31. The molecule has 4 heteroatoms. The molecule has 0 saturated heterocycles. The van der Waals surface area contributed by atoms with Gasteiger partial charge in [-0.05, 0) is 43.9 Å². The summed E-state index contributed by atoms with van der Waals surface area (Å²) >= 11 is 6.43. The molecule has 2 aromatic rings. The lowest BCUT2D eigenvalue weighted by molar-refractivity contribution is 0.634. The number of rotatable bonds is 4. The van der Waals surface area contributed by atoms with Crippen LogP contribution in [0.25, 0.3) is 0 Å². The SMILES string of the molecule is CCc1nn(C)c(CC(N)c2c(C)cc(C)cc2C)c1Cl. The minimum absolute atomic E-state index is 0.0665. The van der Waals surface area contributed by atoms with Gasteiger partial charge in [0.25, 0.3) is 0 Å². The molecule has 0 fully saturated rings. The standard InChI is InChI=1S/C17H24ClN3/c1-6-14-17(18)15(21(5)20-14)9-13(19)16-11(3)7-10(2)8-12(16)4/h7-8,13H,6,9,19H2,1-5H3. The molecule has 2 N–H and O–H groups in total. The first-order chi connectivity index (χ1) is 9.85. The first-order valence-corrected chi connectivity index (χ1v) is 7.76. The molecule has 1 unspecified atom stereocenters. The van der Waals surface area contributed by atoms with Crippen molar-refractivity contribution in [1.29, 1.82) is 0 Å². The zero-order chi connectivity index (χ0) is 15.7. The normalized spacial score (nSPS) is 12.7. The van der Waals surface area contributed by atoms with Crippen molar-refractivity contribution in [3.63, 3.8) is 0 Å². The van der Waals surface area contributed by atoms with Gasteiger partial charge in [0.1, 0.15) is 0 Å². The summed E-state index contributed by atoms with van der Waals surface area (Å²) in [6.45, 7) is 8.42. The molecule has 0 aliphatic heterocycles. The molecule has 1 aromatic heterocycles. The van der Waals surface area contributed by atoms with Crippen molar-refractivity contribution in [1.82, 2.24) is 9.78 Å². The fraction of sp³-hybridized carbons (Fsp3) is 0.471. The number of benzene rings is 1. The maximum atomic E-state index is 6.47. The van der Waals surface area contributed by atoms with E-state index in [4.69, 9.17) is 17.3 Å². The van der Waals surface area contributed by atoms with E-state index in [0.717, 1.165) is 22.8 Å². The Balaban J connectivity index is 2.35. The molecule has 21 heavy (non-hydrogen) atoms. The second-order valence-corrected chi connectivity index (χ2v) is 6.19. The molecule has 0 spiro atoms. The third-order valence-electron chi connectivity index (χ3n) is 4.03. The molecule has 0 amide bonds. The number of hydrogen-bond acceptors (Lipinski definition) is 2. The Kier molecular flexibility index (Phi) is 4.74. The number of halogens is 1. The molecule has 0 bridgehead atoms. The number of nitrogens with two attached hydrogens (primary N) is 1. The van der Waals surface area contributed by atoms with Crippen LogP contribution in [0.4, 0.5) is 0 Å². The lowest BCUT2D eigenvalue weighted by atomic mass is 9.92. The summed E-state index contributed by atoms with van der Waals surface area (Å²) in [7, 11) is 1.93. The van der Waals surface area contributed by atoms with Crippen molar-refractivity contribution < 1.29 is 0 Å². The molecule has 1 aromatic carbocycles. The Bertz CT molecular complexity index is 635. The molecule has 0 radical (unpaired) electrons. The number of aromatic nitrogens is 2. The Morgan fingerprint density at radius 2 is 1.81 bits per heavy atom. The first-order valence-electron chi connectivity index (χ1n) is 7.38. The molecule has 1 atom stereocenters. The molecule has 114 valence electrons. The van der Waals surface area contributed by atoms with Gasteiger partial charge in [-0.1, -0.05) is 36.2 Å².